The van der Waals surface area contributed by atoms with E-state index < -0.39 is 11.6 Å². The molecule has 4 rings (SSSR count). The smallest absolute Gasteiger partial charge is 0.328 e. The molecule has 1 N–H and O–H groups in total. The zero-order valence-electron chi connectivity index (χ0n) is 15.6. The van der Waals surface area contributed by atoms with Gasteiger partial charge in [-0.2, -0.15) is 0 Å². The fourth-order valence-electron chi connectivity index (χ4n) is 4.18. The van der Waals surface area contributed by atoms with E-state index in [-0.39, 0.29) is 5.78 Å². The van der Waals surface area contributed by atoms with E-state index in [9.17, 15) is 9.59 Å². The first kappa shape index (κ1) is 18.4. The summed E-state index contributed by atoms with van der Waals surface area (Å²) < 4.78 is 6.38. The van der Waals surface area contributed by atoms with Crippen molar-refractivity contribution in [3.63, 3.8) is 0 Å². The maximum absolute atomic E-state index is 12.9. The van der Waals surface area contributed by atoms with Crippen LogP contribution >= 0.6 is 0 Å². The second-order valence-corrected chi connectivity index (χ2v) is 7.61. The topological polar surface area (TPSA) is 66.8 Å². The minimum Gasteiger partial charge on any atom is -0.485 e. The van der Waals surface area contributed by atoms with Gasteiger partial charge in [0, 0.05) is 19.2 Å². The number of carbonyl (C=O) groups excluding carboxylic acids is 1. The molecule has 0 aromatic heterocycles. The normalized spacial score (nSPS) is 22.2. The van der Waals surface area contributed by atoms with Crippen molar-refractivity contribution in [2.75, 3.05) is 13.1 Å². The Bertz CT molecular complexity index is 921. The molecule has 1 unspecified atom stereocenters. The van der Waals surface area contributed by atoms with Gasteiger partial charge in [0.15, 0.2) is 5.78 Å². The molecule has 0 amide bonds. The van der Waals surface area contributed by atoms with Crippen molar-refractivity contribution in [1.82, 2.24) is 4.90 Å². The van der Waals surface area contributed by atoms with Crippen molar-refractivity contribution in [3.8, 4) is 5.75 Å². The molecule has 1 saturated heterocycles. The average molecular weight is 377 g/mol. The summed E-state index contributed by atoms with van der Waals surface area (Å²) in [5, 5.41) is 8.78. The highest BCUT2D eigenvalue weighted by molar-refractivity contribution is 6.01. The van der Waals surface area contributed by atoms with E-state index in [1.165, 1.54) is 11.6 Å². The molecular formula is C23H23NO4. The molecule has 2 aliphatic heterocycles. The molecule has 0 bridgehead atoms. The van der Waals surface area contributed by atoms with E-state index in [2.05, 4.69) is 17.0 Å². The summed E-state index contributed by atoms with van der Waals surface area (Å²) in [5.41, 5.74) is 2.01. The van der Waals surface area contributed by atoms with Crippen LogP contribution in [0.1, 0.15) is 40.7 Å². The molecule has 2 aromatic carbocycles. The SMILES string of the molecule is O=C(O)C=Cc1ccc2c(c1)C(=O)CC1(CCCN(Cc3ccccc3)C1)O2. The molecule has 0 saturated carbocycles. The lowest BCUT2D eigenvalue weighted by molar-refractivity contribution is -0.131. The first-order chi connectivity index (χ1) is 13.5. The number of Topliss-reactive ketones (excluding diaryl/α,β-unsaturated/α-hetero) is 1. The highest BCUT2D eigenvalue weighted by atomic mass is 16.5. The van der Waals surface area contributed by atoms with Crippen LogP contribution in [0.25, 0.3) is 6.08 Å². The van der Waals surface area contributed by atoms with Crippen molar-refractivity contribution in [1.29, 1.82) is 0 Å². The third-order valence-electron chi connectivity index (χ3n) is 5.40. The number of carboxylic acid groups (broad SMARTS) is 1. The van der Waals surface area contributed by atoms with Gasteiger partial charge in [-0.3, -0.25) is 9.69 Å². The summed E-state index contributed by atoms with van der Waals surface area (Å²) in [6.45, 7) is 2.58. The predicted octanol–water partition coefficient (Wildman–Crippen LogP) is 3.78. The lowest BCUT2D eigenvalue weighted by atomic mass is 9.83. The molecular weight excluding hydrogens is 354 g/mol. The van der Waals surface area contributed by atoms with Crippen molar-refractivity contribution in [3.05, 3.63) is 71.3 Å². The van der Waals surface area contributed by atoms with E-state index in [0.29, 0.717) is 23.3 Å². The fraction of sp³-hybridized carbons (Fsp3) is 0.304. The first-order valence-electron chi connectivity index (χ1n) is 9.57. The quantitative estimate of drug-likeness (QED) is 0.822. The molecule has 1 fully saturated rings. The number of likely N-dealkylation sites (tertiary alicyclic amines) is 1. The van der Waals surface area contributed by atoms with Crippen molar-refractivity contribution in [2.24, 2.45) is 0 Å². The van der Waals surface area contributed by atoms with Crippen LogP contribution in [0.5, 0.6) is 5.75 Å². The fourth-order valence-corrected chi connectivity index (χ4v) is 4.18. The summed E-state index contributed by atoms with van der Waals surface area (Å²) in [6, 6.07) is 15.6. The van der Waals surface area contributed by atoms with E-state index in [1.807, 2.05) is 18.2 Å². The van der Waals surface area contributed by atoms with Gasteiger partial charge in [-0.1, -0.05) is 36.4 Å². The summed E-state index contributed by atoms with van der Waals surface area (Å²) in [5.74, 6) is -0.348. The molecule has 28 heavy (non-hydrogen) atoms. The minimum absolute atomic E-state index is 0.0633. The Hall–Kier alpha value is -2.92. The van der Waals surface area contributed by atoms with Crippen LogP contribution in [0, 0.1) is 0 Å². The van der Waals surface area contributed by atoms with E-state index >= 15 is 0 Å². The van der Waals surface area contributed by atoms with Crippen LogP contribution in [0.2, 0.25) is 0 Å². The first-order valence-corrected chi connectivity index (χ1v) is 9.57. The Morgan fingerprint density at radius 1 is 1.21 bits per heavy atom. The number of rotatable bonds is 4. The zero-order valence-corrected chi connectivity index (χ0v) is 15.6. The summed E-state index contributed by atoms with van der Waals surface area (Å²) in [4.78, 5) is 25.9. The number of hydrogen-bond acceptors (Lipinski definition) is 4. The molecule has 5 nitrogen and oxygen atoms in total. The van der Waals surface area contributed by atoms with E-state index in [0.717, 1.165) is 38.6 Å². The maximum Gasteiger partial charge on any atom is 0.328 e. The van der Waals surface area contributed by atoms with Gasteiger partial charge < -0.3 is 9.84 Å². The lowest BCUT2D eigenvalue weighted by Crippen LogP contribution is -2.54. The number of benzene rings is 2. The lowest BCUT2D eigenvalue weighted by Gasteiger charge is -2.45. The molecule has 1 spiro atoms. The average Bonchev–Trinajstić information content (AvgIpc) is 2.67. The molecule has 0 radical (unpaired) electrons. The van der Waals surface area contributed by atoms with Crippen LogP contribution < -0.4 is 4.74 Å². The van der Waals surface area contributed by atoms with Gasteiger partial charge in [-0.25, -0.2) is 4.79 Å². The molecule has 2 heterocycles. The van der Waals surface area contributed by atoms with Crippen LogP contribution in [-0.2, 0) is 11.3 Å². The van der Waals surface area contributed by atoms with Crippen LogP contribution in [0.15, 0.2) is 54.6 Å². The van der Waals surface area contributed by atoms with Gasteiger partial charge in [-0.05, 0) is 48.7 Å². The zero-order chi connectivity index (χ0) is 19.6. The number of fused-ring (bicyclic) bond motifs is 1. The number of hydrogen-bond donors (Lipinski definition) is 1. The molecule has 1 atom stereocenters. The third kappa shape index (κ3) is 3.99. The second-order valence-electron chi connectivity index (χ2n) is 7.61. The summed E-state index contributed by atoms with van der Waals surface area (Å²) in [7, 11) is 0. The van der Waals surface area contributed by atoms with Gasteiger partial charge in [0.2, 0.25) is 0 Å². The highest BCUT2D eigenvalue weighted by Crippen LogP contribution is 2.39. The van der Waals surface area contributed by atoms with Crippen LogP contribution in [-0.4, -0.2) is 40.4 Å². The van der Waals surface area contributed by atoms with Crippen molar-refractivity contribution >= 4 is 17.8 Å². The number of carbonyl (C=O) groups is 2. The largest absolute Gasteiger partial charge is 0.485 e. The van der Waals surface area contributed by atoms with Crippen molar-refractivity contribution in [2.45, 2.75) is 31.4 Å². The Kier molecular flexibility index (Phi) is 5.01. The predicted molar refractivity (Wildman–Crippen MR) is 106 cm³/mol. The van der Waals surface area contributed by atoms with E-state index in [1.54, 1.807) is 18.2 Å². The Balaban J connectivity index is 1.52. The highest BCUT2D eigenvalue weighted by Gasteiger charge is 2.43. The van der Waals surface area contributed by atoms with E-state index in [4.69, 9.17) is 9.84 Å². The molecule has 2 aliphatic rings. The standard InChI is InChI=1S/C23H23NO4/c25-20-14-23(11-4-12-24(16-23)15-18-5-2-1-3-6-18)28-21-9-7-17(13-19(20)21)8-10-22(26)27/h1-3,5-10,13H,4,11-12,14-16H2,(H,26,27). The van der Waals surface area contributed by atoms with Crippen LogP contribution in [0.4, 0.5) is 0 Å². The Labute approximate surface area is 164 Å². The monoisotopic (exact) mass is 377 g/mol. The van der Waals surface area contributed by atoms with Gasteiger partial charge >= 0.3 is 5.97 Å². The third-order valence-corrected chi connectivity index (χ3v) is 5.40. The summed E-state index contributed by atoms with van der Waals surface area (Å²) in [6.07, 6.45) is 4.78. The number of ether oxygens (including phenoxy) is 1. The second kappa shape index (κ2) is 7.60. The summed E-state index contributed by atoms with van der Waals surface area (Å²) >= 11 is 0. The van der Waals surface area contributed by atoms with Gasteiger partial charge in [-0.15, -0.1) is 0 Å². The number of piperidine rings is 1. The minimum atomic E-state index is -1.01. The number of ketones is 1. The molecule has 2 aromatic rings. The number of nitrogens with zero attached hydrogens (tertiary/aromatic N) is 1. The molecule has 5 heteroatoms. The Morgan fingerprint density at radius 3 is 2.82 bits per heavy atom. The van der Waals surface area contributed by atoms with Crippen LogP contribution in [0.3, 0.4) is 0 Å². The Morgan fingerprint density at radius 2 is 2.04 bits per heavy atom. The molecule has 144 valence electrons. The van der Waals surface area contributed by atoms with Crippen molar-refractivity contribution < 1.29 is 19.4 Å². The maximum atomic E-state index is 12.9. The van der Waals surface area contributed by atoms with Gasteiger partial charge in [0.25, 0.3) is 0 Å². The number of aliphatic carboxylic acids is 1. The number of carboxylic acids is 1. The molecule has 0 aliphatic carbocycles. The van der Waals surface area contributed by atoms with Gasteiger partial charge in [0.1, 0.15) is 11.4 Å². The van der Waals surface area contributed by atoms with Gasteiger partial charge in [0.05, 0.1) is 12.0 Å².